The second kappa shape index (κ2) is 5.99. The molecule has 0 fully saturated rings. The maximum Gasteiger partial charge on any atom is 0.337 e. The highest BCUT2D eigenvalue weighted by Crippen LogP contribution is 2.53. The van der Waals surface area contributed by atoms with E-state index in [9.17, 15) is 24.3 Å². The Morgan fingerprint density at radius 1 is 1.31 bits per heavy atom. The molecule has 10 heteroatoms. The van der Waals surface area contributed by atoms with Gasteiger partial charge in [-0.3, -0.25) is 14.4 Å². The zero-order valence-corrected chi connectivity index (χ0v) is 14.8. The van der Waals surface area contributed by atoms with Crippen molar-refractivity contribution in [2.24, 2.45) is 5.92 Å². The molecule has 26 heavy (non-hydrogen) atoms. The lowest BCUT2D eigenvalue weighted by molar-refractivity contribution is -0.147. The van der Waals surface area contributed by atoms with Crippen LogP contribution >= 0.6 is 23.1 Å². The first kappa shape index (κ1) is 16.9. The zero-order valence-electron chi connectivity index (χ0n) is 13.2. The Kier molecular flexibility index (Phi) is 3.88. The molecule has 0 unspecified atom stereocenters. The van der Waals surface area contributed by atoms with Crippen LogP contribution in [0.5, 0.6) is 5.75 Å². The average Bonchev–Trinajstić information content (AvgIpc) is 2.99. The Morgan fingerprint density at radius 3 is 2.77 bits per heavy atom. The molecule has 8 nitrogen and oxygen atoms in total. The van der Waals surface area contributed by atoms with E-state index in [4.69, 9.17) is 9.47 Å². The summed E-state index contributed by atoms with van der Waals surface area (Å²) in [5, 5.41) is 8.88. The van der Waals surface area contributed by atoms with E-state index in [1.165, 1.54) is 25.3 Å². The van der Waals surface area contributed by atoms with E-state index in [-0.39, 0.29) is 16.2 Å². The van der Waals surface area contributed by atoms with Crippen molar-refractivity contribution < 1.29 is 29.0 Å². The summed E-state index contributed by atoms with van der Waals surface area (Å²) < 4.78 is 10.0. The molecule has 1 aromatic carbocycles. The predicted molar refractivity (Wildman–Crippen MR) is 91.0 cm³/mol. The molecule has 0 radical (unpaired) electrons. The second-order valence-corrected chi connectivity index (χ2v) is 7.92. The van der Waals surface area contributed by atoms with Gasteiger partial charge in [0, 0.05) is 16.4 Å². The summed E-state index contributed by atoms with van der Waals surface area (Å²) in [5.74, 6) is -3.85. The maximum atomic E-state index is 12.5. The molecular weight excluding hydrogens is 382 g/mol. The Hall–Kier alpha value is -2.59. The normalized spacial score (nSPS) is 23.3. The summed E-state index contributed by atoms with van der Waals surface area (Å²) in [7, 11) is 1.25. The molecule has 0 spiro atoms. The Bertz CT molecular complexity index is 1010. The number of rotatable bonds is 2. The number of H-pyrrole nitrogens is 1. The first-order valence-electron chi connectivity index (χ1n) is 7.47. The number of hydrogen-bond acceptors (Lipinski definition) is 8. The summed E-state index contributed by atoms with van der Waals surface area (Å²) >= 11 is 1.85. The lowest BCUT2D eigenvalue weighted by atomic mass is 9.79. The van der Waals surface area contributed by atoms with Crippen LogP contribution in [0.1, 0.15) is 26.7 Å². The van der Waals surface area contributed by atoms with Crippen LogP contribution in [0.2, 0.25) is 0 Å². The van der Waals surface area contributed by atoms with Crippen LogP contribution < -0.4 is 9.61 Å². The fourth-order valence-electron chi connectivity index (χ4n) is 3.26. The van der Waals surface area contributed by atoms with Crippen LogP contribution in [0.25, 0.3) is 0 Å². The third kappa shape index (κ3) is 2.44. The number of hydrogen-bond donors (Lipinski definition) is 2. The maximum absolute atomic E-state index is 12.5. The minimum Gasteiger partial charge on any atom is -0.480 e. The summed E-state index contributed by atoms with van der Waals surface area (Å²) in [6, 6.07) is 4.46. The first-order chi connectivity index (χ1) is 12.4. The highest BCUT2D eigenvalue weighted by atomic mass is 32.2. The number of aliphatic carboxylic acids is 1. The number of fused-ring (bicyclic) bond motifs is 5. The molecule has 1 aromatic heterocycles. The van der Waals surface area contributed by atoms with Gasteiger partial charge in [-0.2, -0.15) is 0 Å². The molecule has 4 rings (SSSR count). The van der Waals surface area contributed by atoms with E-state index in [0.29, 0.717) is 15.5 Å². The van der Waals surface area contributed by atoms with Crippen LogP contribution in [0.4, 0.5) is 0 Å². The van der Waals surface area contributed by atoms with Gasteiger partial charge in [-0.15, -0.1) is 0 Å². The van der Waals surface area contributed by atoms with Gasteiger partial charge in [0.05, 0.1) is 23.6 Å². The fourth-order valence-corrected chi connectivity index (χ4v) is 5.66. The van der Waals surface area contributed by atoms with Gasteiger partial charge in [-0.05, 0) is 18.2 Å². The number of benzene rings is 1. The number of carbonyl (C=O) groups is 3. The molecule has 3 atom stereocenters. The molecule has 0 saturated carbocycles. The molecule has 3 heterocycles. The number of thiazole rings is 1. The number of ether oxygens (including phenoxy) is 2. The smallest absolute Gasteiger partial charge is 0.337 e. The first-order valence-corrected chi connectivity index (χ1v) is 9.16. The molecule has 2 N–H and O–H groups in total. The van der Waals surface area contributed by atoms with Gasteiger partial charge in [0.1, 0.15) is 11.0 Å². The molecule has 0 amide bonds. The molecular formula is C16H11NO7S2. The standard InChI is InChI=1S/C16H11NO7S2/c1-23-14(20)5-2-3-7-6(4-5)8-9(15(21)24-7)11(13(18)19)25-12-10(8)26-16(22)17-12/h2-4,8-9,11H,1H3,(H,17,22)(H,18,19)/t8-,9-,11-/m0/s1. The monoisotopic (exact) mass is 393 g/mol. The summed E-state index contributed by atoms with van der Waals surface area (Å²) in [5.41, 5.74) is 0.734. The number of esters is 2. The number of thioether (sulfide) groups is 1. The van der Waals surface area contributed by atoms with Crippen LogP contribution in [0, 0.1) is 5.92 Å². The third-order valence-electron chi connectivity index (χ3n) is 4.35. The number of nitrogens with one attached hydrogen (secondary N) is 1. The number of aromatic nitrogens is 1. The zero-order chi connectivity index (χ0) is 18.6. The van der Waals surface area contributed by atoms with Gasteiger partial charge in [0.2, 0.25) is 0 Å². The van der Waals surface area contributed by atoms with Gasteiger partial charge < -0.3 is 19.6 Å². The number of carbonyl (C=O) groups excluding carboxylic acids is 2. The second-order valence-electron chi connectivity index (χ2n) is 5.75. The van der Waals surface area contributed by atoms with Crippen molar-refractivity contribution in [3.8, 4) is 5.75 Å². The van der Waals surface area contributed by atoms with Crippen LogP contribution in [0.3, 0.4) is 0 Å². The Labute approximate surface area is 154 Å². The minimum absolute atomic E-state index is 0.242. The van der Waals surface area contributed by atoms with Gasteiger partial charge in [0.25, 0.3) is 0 Å². The van der Waals surface area contributed by atoms with E-state index < -0.39 is 35.0 Å². The van der Waals surface area contributed by atoms with Crippen molar-refractivity contribution in [3.05, 3.63) is 43.9 Å². The largest absolute Gasteiger partial charge is 0.480 e. The molecule has 0 saturated heterocycles. The SMILES string of the molecule is COC(=O)c1ccc2c(c1)[C@@H]1c3sc(=O)[nH]c3S[C@H](C(=O)O)[C@H]1C(=O)O2. The number of carboxylic acids is 1. The van der Waals surface area contributed by atoms with E-state index in [1.54, 1.807) is 0 Å². The third-order valence-corrected chi connectivity index (χ3v) is 6.75. The molecule has 2 aliphatic heterocycles. The lowest BCUT2D eigenvalue weighted by Gasteiger charge is -2.37. The van der Waals surface area contributed by atoms with Crippen molar-refractivity contribution in [2.75, 3.05) is 7.11 Å². The van der Waals surface area contributed by atoms with Crippen molar-refractivity contribution in [2.45, 2.75) is 16.2 Å². The van der Waals surface area contributed by atoms with Gasteiger partial charge >= 0.3 is 22.8 Å². The molecule has 0 bridgehead atoms. The average molecular weight is 393 g/mol. The molecule has 134 valence electrons. The number of aromatic amines is 1. The minimum atomic E-state index is -1.17. The van der Waals surface area contributed by atoms with E-state index in [2.05, 4.69) is 4.98 Å². The van der Waals surface area contributed by atoms with Gasteiger partial charge in [-0.1, -0.05) is 23.1 Å². The van der Waals surface area contributed by atoms with Crippen molar-refractivity contribution in [3.63, 3.8) is 0 Å². The lowest BCUT2D eigenvalue weighted by Crippen LogP contribution is -2.44. The van der Waals surface area contributed by atoms with Crippen LogP contribution in [-0.4, -0.2) is 40.4 Å². The van der Waals surface area contributed by atoms with Crippen molar-refractivity contribution in [1.29, 1.82) is 0 Å². The van der Waals surface area contributed by atoms with Gasteiger partial charge in [-0.25, -0.2) is 4.79 Å². The van der Waals surface area contributed by atoms with Crippen molar-refractivity contribution in [1.82, 2.24) is 4.98 Å². The quantitative estimate of drug-likeness (QED) is 0.581. The topological polar surface area (TPSA) is 123 Å². The summed E-state index contributed by atoms with van der Waals surface area (Å²) in [4.78, 5) is 50.8. The number of methoxy groups -OCH3 is 1. The molecule has 0 aliphatic carbocycles. The van der Waals surface area contributed by atoms with Crippen LogP contribution in [-0.2, 0) is 14.3 Å². The van der Waals surface area contributed by atoms with Crippen LogP contribution in [0.15, 0.2) is 28.0 Å². The summed E-state index contributed by atoms with van der Waals surface area (Å²) in [6.45, 7) is 0. The predicted octanol–water partition coefficient (Wildman–Crippen LogP) is 1.45. The number of carboxylic acid groups (broad SMARTS) is 1. The molecule has 2 aliphatic rings. The fraction of sp³-hybridized carbons (Fsp3) is 0.250. The Morgan fingerprint density at radius 2 is 2.08 bits per heavy atom. The van der Waals surface area contributed by atoms with E-state index >= 15 is 0 Å². The highest BCUT2D eigenvalue weighted by Gasteiger charge is 2.51. The van der Waals surface area contributed by atoms with E-state index in [0.717, 1.165) is 23.1 Å². The van der Waals surface area contributed by atoms with Gasteiger partial charge in [0.15, 0.2) is 0 Å². The molecule has 2 aromatic rings. The summed E-state index contributed by atoms with van der Waals surface area (Å²) in [6.07, 6.45) is 0. The highest BCUT2D eigenvalue weighted by molar-refractivity contribution is 8.00. The van der Waals surface area contributed by atoms with Crippen molar-refractivity contribution >= 4 is 41.0 Å². The van der Waals surface area contributed by atoms with E-state index in [1.807, 2.05) is 0 Å². The Balaban J connectivity index is 1.95.